The van der Waals surface area contributed by atoms with Crippen LogP contribution in [0.15, 0.2) is 46.6 Å². The van der Waals surface area contributed by atoms with E-state index < -0.39 is 23.5 Å². The lowest BCUT2D eigenvalue weighted by atomic mass is 9.98. The van der Waals surface area contributed by atoms with Crippen LogP contribution in [0, 0.1) is 12.7 Å². The van der Waals surface area contributed by atoms with E-state index in [0.29, 0.717) is 24.4 Å². The van der Waals surface area contributed by atoms with Crippen LogP contribution in [0.2, 0.25) is 0 Å². The minimum atomic E-state index is -0.828. The number of likely N-dealkylation sites (N-methyl/N-ethyl adjacent to an activating group) is 1. The van der Waals surface area contributed by atoms with Gasteiger partial charge < -0.3 is 19.3 Å². The molecule has 3 rings (SSSR count). The first-order valence-electron chi connectivity index (χ1n) is 8.54. The molecule has 1 aromatic heterocycles. The summed E-state index contributed by atoms with van der Waals surface area (Å²) >= 11 is 0. The minimum absolute atomic E-state index is 0.0558. The van der Waals surface area contributed by atoms with Crippen LogP contribution >= 0.6 is 0 Å². The van der Waals surface area contributed by atoms with E-state index in [9.17, 15) is 19.1 Å². The second kappa shape index (κ2) is 7.36. The van der Waals surface area contributed by atoms with Gasteiger partial charge in [0.15, 0.2) is 0 Å². The zero-order valence-electron chi connectivity index (χ0n) is 15.4. The third kappa shape index (κ3) is 3.50. The first-order chi connectivity index (χ1) is 12.8. The van der Waals surface area contributed by atoms with Crippen molar-refractivity contribution in [2.24, 2.45) is 0 Å². The molecule has 1 fully saturated rings. The lowest BCUT2D eigenvalue weighted by Crippen LogP contribution is -2.35. The summed E-state index contributed by atoms with van der Waals surface area (Å²) in [5.41, 5.74) is 0.547. The van der Waals surface area contributed by atoms with Crippen molar-refractivity contribution in [3.63, 3.8) is 0 Å². The number of benzene rings is 1. The van der Waals surface area contributed by atoms with Crippen LogP contribution in [-0.4, -0.2) is 53.8 Å². The molecule has 0 radical (unpaired) electrons. The number of furan rings is 1. The molecule has 7 heteroatoms. The number of Topliss-reactive ketones (excluding diaryl/α,β-unsaturated/α-hetero) is 1. The van der Waals surface area contributed by atoms with Crippen molar-refractivity contribution in [3.05, 3.63) is 64.9 Å². The van der Waals surface area contributed by atoms with E-state index in [1.165, 1.54) is 29.4 Å². The number of halogens is 1. The minimum Gasteiger partial charge on any atom is -0.507 e. The third-order valence-electron chi connectivity index (χ3n) is 4.57. The van der Waals surface area contributed by atoms with E-state index in [1.54, 1.807) is 19.1 Å². The Balaban J connectivity index is 2.12. The van der Waals surface area contributed by atoms with E-state index in [2.05, 4.69) is 0 Å². The van der Waals surface area contributed by atoms with Gasteiger partial charge in [-0.25, -0.2) is 4.39 Å². The Morgan fingerprint density at radius 2 is 2.04 bits per heavy atom. The van der Waals surface area contributed by atoms with Gasteiger partial charge in [0.25, 0.3) is 11.7 Å². The molecule has 1 amide bonds. The topological polar surface area (TPSA) is 74.0 Å². The van der Waals surface area contributed by atoms with Crippen LogP contribution in [-0.2, 0) is 9.59 Å². The number of aliphatic hydroxyl groups is 1. The summed E-state index contributed by atoms with van der Waals surface area (Å²) in [4.78, 5) is 28.6. The third-order valence-corrected chi connectivity index (χ3v) is 4.57. The number of aryl methyl sites for hydroxylation is 1. The maximum atomic E-state index is 13.6. The van der Waals surface area contributed by atoms with E-state index in [4.69, 9.17) is 4.42 Å². The van der Waals surface area contributed by atoms with Crippen molar-refractivity contribution in [1.82, 2.24) is 9.80 Å². The predicted molar refractivity (Wildman–Crippen MR) is 97.4 cm³/mol. The fourth-order valence-corrected chi connectivity index (χ4v) is 3.11. The van der Waals surface area contributed by atoms with Crippen LogP contribution in [0.5, 0.6) is 0 Å². The van der Waals surface area contributed by atoms with Crippen LogP contribution in [0.4, 0.5) is 4.39 Å². The molecule has 0 bridgehead atoms. The monoisotopic (exact) mass is 372 g/mol. The highest BCUT2D eigenvalue weighted by Crippen LogP contribution is 2.39. The first kappa shape index (κ1) is 18.8. The number of hydrogen-bond acceptors (Lipinski definition) is 5. The summed E-state index contributed by atoms with van der Waals surface area (Å²) in [6.07, 6.45) is 1.45. The van der Waals surface area contributed by atoms with Crippen molar-refractivity contribution in [2.75, 3.05) is 27.2 Å². The molecule has 27 heavy (non-hydrogen) atoms. The lowest BCUT2D eigenvalue weighted by molar-refractivity contribution is -0.140. The molecule has 1 saturated heterocycles. The molecular weight excluding hydrogens is 351 g/mol. The maximum Gasteiger partial charge on any atom is 0.295 e. The van der Waals surface area contributed by atoms with Crippen LogP contribution in [0.3, 0.4) is 0 Å². The van der Waals surface area contributed by atoms with E-state index in [0.717, 1.165) is 0 Å². The van der Waals surface area contributed by atoms with Crippen molar-refractivity contribution >= 4 is 17.4 Å². The molecule has 1 aliphatic rings. The Hall–Kier alpha value is -2.93. The van der Waals surface area contributed by atoms with Crippen molar-refractivity contribution in [2.45, 2.75) is 13.0 Å². The van der Waals surface area contributed by atoms with Gasteiger partial charge in [0.1, 0.15) is 23.4 Å². The Morgan fingerprint density at radius 3 is 2.63 bits per heavy atom. The number of ketones is 1. The quantitative estimate of drug-likeness (QED) is 0.496. The van der Waals surface area contributed by atoms with Crippen LogP contribution in [0.1, 0.15) is 22.9 Å². The molecule has 142 valence electrons. The van der Waals surface area contributed by atoms with Crippen molar-refractivity contribution < 1.29 is 23.5 Å². The van der Waals surface area contributed by atoms with E-state index in [-0.39, 0.29) is 16.9 Å². The number of carbonyl (C=O) groups excluding carboxylic acids is 2. The SMILES string of the molecule is Cc1cc(/C(O)=C2/C(=O)C(=O)N(CCN(C)C)C2c2ccco2)ccc1F. The second-order valence-corrected chi connectivity index (χ2v) is 6.78. The molecule has 2 aromatic rings. The second-order valence-electron chi connectivity index (χ2n) is 6.78. The van der Waals surface area contributed by atoms with Crippen LogP contribution in [0.25, 0.3) is 5.76 Å². The van der Waals surface area contributed by atoms with Crippen molar-refractivity contribution in [3.8, 4) is 0 Å². The summed E-state index contributed by atoms with van der Waals surface area (Å²) < 4.78 is 19.0. The summed E-state index contributed by atoms with van der Waals surface area (Å²) in [7, 11) is 3.72. The summed E-state index contributed by atoms with van der Waals surface area (Å²) in [5, 5.41) is 10.8. The van der Waals surface area contributed by atoms with Crippen molar-refractivity contribution in [1.29, 1.82) is 0 Å². The standard InChI is InChI=1S/C20H21FN2O4/c1-12-11-13(6-7-14(12)21)18(24)16-17(15-5-4-10-27-15)23(9-8-22(2)3)20(26)19(16)25/h4-7,10-11,17,24H,8-9H2,1-3H3/b18-16-. The molecule has 0 aliphatic carbocycles. The number of carbonyl (C=O) groups is 2. The van der Waals surface area contributed by atoms with E-state index >= 15 is 0 Å². The fourth-order valence-electron chi connectivity index (χ4n) is 3.11. The van der Waals surface area contributed by atoms with Gasteiger partial charge in [0.2, 0.25) is 0 Å². The van der Waals surface area contributed by atoms with Gasteiger partial charge >= 0.3 is 0 Å². The Labute approximate surface area is 156 Å². The average Bonchev–Trinajstić information content (AvgIpc) is 3.23. The number of aliphatic hydroxyl groups excluding tert-OH is 1. The van der Waals surface area contributed by atoms with Gasteiger partial charge in [-0.05, 0) is 56.9 Å². The number of rotatable bonds is 5. The normalized spacial score (nSPS) is 19.3. The zero-order chi connectivity index (χ0) is 19.7. The molecule has 1 aliphatic heterocycles. The number of hydrogen-bond donors (Lipinski definition) is 1. The highest BCUT2D eigenvalue weighted by atomic mass is 19.1. The zero-order valence-corrected chi connectivity index (χ0v) is 15.4. The predicted octanol–water partition coefficient (Wildman–Crippen LogP) is 2.71. The average molecular weight is 372 g/mol. The fraction of sp³-hybridized carbons (Fsp3) is 0.300. The van der Waals surface area contributed by atoms with E-state index in [1.807, 2.05) is 19.0 Å². The van der Waals surface area contributed by atoms with Gasteiger partial charge in [0, 0.05) is 18.7 Å². The van der Waals surface area contributed by atoms with Gasteiger partial charge in [0.05, 0.1) is 11.8 Å². The number of nitrogens with zero attached hydrogens (tertiary/aromatic N) is 2. The largest absolute Gasteiger partial charge is 0.507 e. The molecule has 1 aromatic carbocycles. The summed E-state index contributed by atoms with van der Waals surface area (Å²) in [6.45, 7) is 2.40. The Morgan fingerprint density at radius 1 is 1.30 bits per heavy atom. The lowest BCUT2D eigenvalue weighted by Gasteiger charge is -2.24. The van der Waals surface area contributed by atoms with Gasteiger partial charge in [-0.15, -0.1) is 0 Å². The number of amides is 1. The molecule has 0 saturated carbocycles. The molecule has 1 unspecified atom stereocenters. The Kier molecular flexibility index (Phi) is 5.14. The maximum absolute atomic E-state index is 13.6. The molecule has 6 nitrogen and oxygen atoms in total. The summed E-state index contributed by atoms with van der Waals surface area (Å²) in [6, 6.07) is 6.52. The molecule has 2 heterocycles. The first-order valence-corrected chi connectivity index (χ1v) is 8.54. The summed E-state index contributed by atoms with van der Waals surface area (Å²) in [5.74, 6) is -1.85. The molecule has 1 atom stereocenters. The molecular formula is C20H21FN2O4. The van der Waals surface area contributed by atoms with Gasteiger partial charge in [-0.1, -0.05) is 0 Å². The molecule has 0 spiro atoms. The number of likely N-dealkylation sites (tertiary alicyclic amines) is 1. The smallest absolute Gasteiger partial charge is 0.295 e. The molecule has 1 N–H and O–H groups in total. The van der Waals surface area contributed by atoms with Crippen LogP contribution < -0.4 is 0 Å². The van der Waals surface area contributed by atoms with Gasteiger partial charge in [-0.2, -0.15) is 0 Å². The van der Waals surface area contributed by atoms with Gasteiger partial charge in [-0.3, -0.25) is 9.59 Å². The Bertz CT molecular complexity index is 903. The highest BCUT2D eigenvalue weighted by molar-refractivity contribution is 6.46. The highest BCUT2D eigenvalue weighted by Gasteiger charge is 2.47.